The first-order valence-electron chi connectivity index (χ1n) is 12.6. The van der Waals surface area contributed by atoms with Crippen LogP contribution in [-0.4, -0.2) is 101 Å². The van der Waals surface area contributed by atoms with E-state index in [9.17, 15) is 18.3 Å². The normalized spacial score (nSPS) is 17.4. The summed E-state index contributed by atoms with van der Waals surface area (Å²) in [5.41, 5.74) is 3.17. The summed E-state index contributed by atoms with van der Waals surface area (Å²) >= 11 is 0. The van der Waals surface area contributed by atoms with Crippen LogP contribution in [0.2, 0.25) is 0 Å². The van der Waals surface area contributed by atoms with E-state index in [1.165, 1.54) is 25.2 Å². The molecule has 1 unspecified atom stereocenters. The monoisotopic (exact) mass is 531 g/mol. The predicted molar refractivity (Wildman–Crippen MR) is 142 cm³/mol. The third-order valence-electron chi connectivity index (χ3n) is 6.73. The predicted octanol–water partition coefficient (Wildman–Crippen LogP) is 0.261. The van der Waals surface area contributed by atoms with Crippen LogP contribution in [0, 0.1) is 0 Å². The lowest BCUT2D eigenvalue weighted by Crippen LogP contribution is -2.44. The number of nitrogens with one attached hydrogen (secondary N) is 2. The van der Waals surface area contributed by atoms with Crippen molar-refractivity contribution in [3.8, 4) is 5.75 Å². The van der Waals surface area contributed by atoms with E-state index >= 15 is 0 Å². The average Bonchev–Trinajstić information content (AvgIpc) is 2.90. The van der Waals surface area contributed by atoms with Gasteiger partial charge in [-0.05, 0) is 29.7 Å². The first kappa shape index (κ1) is 27.3. The van der Waals surface area contributed by atoms with Crippen molar-refractivity contribution in [1.29, 1.82) is 0 Å². The molecule has 3 N–H and O–H groups in total. The maximum absolute atomic E-state index is 13.2. The molecule has 2 aliphatic rings. The quantitative estimate of drug-likeness (QED) is 0.400. The molecule has 4 rings (SSSR count). The van der Waals surface area contributed by atoms with Gasteiger partial charge in [0, 0.05) is 66.5 Å². The van der Waals surface area contributed by atoms with Crippen molar-refractivity contribution in [2.75, 3.05) is 71.4 Å². The maximum Gasteiger partial charge on any atom is 0.258 e. The summed E-state index contributed by atoms with van der Waals surface area (Å²) in [6.45, 7) is 4.65. The SMILES string of the molecule is CN(C)S(=O)(=O)c1c(OCC(=O)NCC(O)CN2CCc3ccccc3C2)cccc1N1CCNCC1. The van der Waals surface area contributed by atoms with E-state index in [4.69, 9.17) is 4.74 Å². The van der Waals surface area contributed by atoms with Crippen LogP contribution in [0.5, 0.6) is 5.75 Å². The summed E-state index contributed by atoms with van der Waals surface area (Å²) in [4.78, 5) is 16.8. The molecule has 10 nitrogen and oxygen atoms in total. The zero-order valence-corrected chi connectivity index (χ0v) is 22.3. The molecule has 37 heavy (non-hydrogen) atoms. The van der Waals surface area contributed by atoms with Gasteiger partial charge in [0.2, 0.25) is 10.0 Å². The molecule has 1 atom stereocenters. The van der Waals surface area contributed by atoms with E-state index in [1.807, 2.05) is 17.0 Å². The Bertz CT molecular complexity index is 1180. The Morgan fingerprint density at radius 3 is 2.57 bits per heavy atom. The minimum absolute atomic E-state index is 0.0557. The van der Waals surface area contributed by atoms with Gasteiger partial charge in [-0.15, -0.1) is 0 Å². The zero-order chi connectivity index (χ0) is 26.4. The highest BCUT2D eigenvalue weighted by Gasteiger charge is 2.29. The van der Waals surface area contributed by atoms with Crippen LogP contribution in [0.25, 0.3) is 0 Å². The van der Waals surface area contributed by atoms with E-state index in [1.54, 1.807) is 18.2 Å². The standard InChI is InChI=1S/C26H37N5O5S/c1-29(2)37(34,35)26-23(31-14-11-27-12-15-31)8-5-9-24(26)36-19-25(33)28-16-22(32)18-30-13-10-20-6-3-4-7-21(20)17-30/h3-9,22,27,32H,10-19H2,1-2H3,(H,28,33). The molecule has 2 heterocycles. The number of anilines is 1. The van der Waals surface area contributed by atoms with Crippen LogP contribution >= 0.6 is 0 Å². The van der Waals surface area contributed by atoms with Crippen molar-refractivity contribution in [2.24, 2.45) is 0 Å². The van der Waals surface area contributed by atoms with E-state index in [0.717, 1.165) is 36.9 Å². The molecule has 11 heteroatoms. The number of rotatable bonds is 10. The van der Waals surface area contributed by atoms with Crippen LogP contribution in [0.15, 0.2) is 47.4 Å². The molecule has 202 valence electrons. The number of carbonyl (C=O) groups excluding carboxylic acids is 1. The number of nitrogens with zero attached hydrogens (tertiary/aromatic N) is 3. The van der Waals surface area contributed by atoms with Crippen molar-refractivity contribution in [1.82, 2.24) is 19.8 Å². The molecular formula is C26H37N5O5S. The second-order valence-electron chi connectivity index (χ2n) is 9.63. The Morgan fingerprint density at radius 2 is 1.84 bits per heavy atom. The fraction of sp³-hybridized carbons (Fsp3) is 0.500. The fourth-order valence-corrected chi connectivity index (χ4v) is 5.92. The Kier molecular flexibility index (Phi) is 9.04. The number of carbonyl (C=O) groups is 1. The van der Waals surface area contributed by atoms with Crippen molar-refractivity contribution in [2.45, 2.75) is 24.0 Å². The number of sulfonamides is 1. The largest absolute Gasteiger partial charge is 0.482 e. The smallest absolute Gasteiger partial charge is 0.258 e. The van der Waals surface area contributed by atoms with Gasteiger partial charge in [0.15, 0.2) is 6.61 Å². The second-order valence-corrected chi connectivity index (χ2v) is 11.7. The lowest BCUT2D eigenvalue weighted by atomic mass is 10.00. The van der Waals surface area contributed by atoms with Crippen molar-refractivity contribution < 1.29 is 23.1 Å². The van der Waals surface area contributed by atoms with Gasteiger partial charge < -0.3 is 25.4 Å². The number of β-amino-alcohol motifs (C(OH)–C–C–N with tert-alkyl or cyclic N) is 1. The highest BCUT2D eigenvalue weighted by Crippen LogP contribution is 2.35. The van der Waals surface area contributed by atoms with Gasteiger partial charge in [-0.25, -0.2) is 12.7 Å². The summed E-state index contributed by atoms with van der Waals surface area (Å²) in [7, 11) is -0.880. The first-order valence-corrected chi connectivity index (χ1v) is 14.1. The number of amides is 1. The minimum atomic E-state index is -3.83. The van der Waals surface area contributed by atoms with E-state index in [2.05, 4.69) is 27.7 Å². The Labute approximate surface area is 219 Å². The molecule has 2 aliphatic heterocycles. The van der Waals surface area contributed by atoms with Gasteiger partial charge in [-0.2, -0.15) is 0 Å². The van der Waals surface area contributed by atoms with Gasteiger partial charge in [-0.1, -0.05) is 30.3 Å². The van der Waals surface area contributed by atoms with E-state index in [0.29, 0.717) is 25.3 Å². The summed E-state index contributed by atoms with van der Waals surface area (Å²) in [6.07, 6.45) is 0.212. The number of hydrogen-bond acceptors (Lipinski definition) is 8. The molecule has 0 spiro atoms. The van der Waals surface area contributed by atoms with Crippen LogP contribution in [0.3, 0.4) is 0 Å². The molecule has 2 aromatic rings. The van der Waals surface area contributed by atoms with Crippen LogP contribution < -0.4 is 20.3 Å². The number of ether oxygens (including phenoxy) is 1. The lowest BCUT2D eigenvalue weighted by molar-refractivity contribution is -0.123. The number of aliphatic hydroxyl groups excluding tert-OH is 1. The maximum atomic E-state index is 13.2. The Morgan fingerprint density at radius 1 is 1.11 bits per heavy atom. The van der Waals surface area contributed by atoms with Crippen LogP contribution in [0.1, 0.15) is 11.1 Å². The minimum Gasteiger partial charge on any atom is -0.482 e. The Balaban J connectivity index is 1.34. The van der Waals surface area contributed by atoms with Crippen LogP contribution in [-0.2, 0) is 27.8 Å². The van der Waals surface area contributed by atoms with E-state index in [-0.39, 0.29) is 23.8 Å². The highest BCUT2D eigenvalue weighted by atomic mass is 32.2. The van der Waals surface area contributed by atoms with Gasteiger partial charge in [-0.3, -0.25) is 9.69 Å². The van der Waals surface area contributed by atoms with Crippen molar-refractivity contribution >= 4 is 21.6 Å². The van der Waals surface area contributed by atoms with Gasteiger partial charge in [0.1, 0.15) is 10.6 Å². The molecular weight excluding hydrogens is 494 g/mol. The fourth-order valence-electron chi connectivity index (χ4n) is 4.71. The third kappa shape index (κ3) is 6.79. The number of fused-ring (bicyclic) bond motifs is 1. The van der Waals surface area contributed by atoms with E-state index < -0.39 is 22.0 Å². The molecule has 0 saturated carbocycles. The highest BCUT2D eigenvalue weighted by molar-refractivity contribution is 7.89. The molecule has 1 saturated heterocycles. The van der Waals surface area contributed by atoms with Crippen molar-refractivity contribution in [3.63, 3.8) is 0 Å². The summed E-state index contributed by atoms with van der Waals surface area (Å²) in [6, 6.07) is 13.4. The topological polar surface area (TPSA) is 114 Å². The third-order valence-corrected chi connectivity index (χ3v) is 8.61. The molecule has 0 bridgehead atoms. The van der Waals surface area contributed by atoms with Crippen LogP contribution in [0.4, 0.5) is 5.69 Å². The molecule has 1 fully saturated rings. The molecule has 1 amide bonds. The summed E-state index contributed by atoms with van der Waals surface area (Å²) in [5.74, 6) is -0.295. The summed E-state index contributed by atoms with van der Waals surface area (Å²) in [5, 5.41) is 16.4. The van der Waals surface area contributed by atoms with Gasteiger partial charge in [0.25, 0.3) is 5.91 Å². The number of aliphatic hydroxyl groups is 1. The number of hydrogen-bond donors (Lipinski definition) is 3. The van der Waals surface area contributed by atoms with Gasteiger partial charge >= 0.3 is 0 Å². The first-order chi connectivity index (χ1) is 17.8. The average molecular weight is 532 g/mol. The van der Waals surface area contributed by atoms with Gasteiger partial charge in [0.05, 0.1) is 11.8 Å². The molecule has 0 aliphatic carbocycles. The summed E-state index contributed by atoms with van der Waals surface area (Å²) < 4.78 is 33.3. The lowest BCUT2D eigenvalue weighted by Gasteiger charge is -2.32. The molecule has 0 radical (unpaired) electrons. The van der Waals surface area contributed by atoms with Crippen molar-refractivity contribution in [3.05, 3.63) is 53.6 Å². The second kappa shape index (κ2) is 12.2. The number of piperazine rings is 1. The Hall–Kier alpha value is -2.70. The molecule has 0 aromatic heterocycles. The number of benzene rings is 2. The zero-order valence-electron chi connectivity index (χ0n) is 21.5. The molecule has 2 aromatic carbocycles.